The fraction of sp³-hybridized carbons (Fsp3) is 0.333. The van der Waals surface area contributed by atoms with Gasteiger partial charge >= 0.3 is 5.69 Å². The molecule has 0 aliphatic heterocycles. The molecule has 0 saturated heterocycles. The van der Waals surface area contributed by atoms with Crippen LogP contribution in [0.25, 0.3) is 28.2 Å². The van der Waals surface area contributed by atoms with Crippen molar-refractivity contribution >= 4 is 22.7 Å². The van der Waals surface area contributed by atoms with Crippen molar-refractivity contribution in [1.29, 1.82) is 0 Å². The van der Waals surface area contributed by atoms with Crippen molar-refractivity contribution in [3.63, 3.8) is 0 Å². The highest BCUT2D eigenvalue weighted by atomic mass is 16.2. The third-order valence-electron chi connectivity index (χ3n) is 5.39. The summed E-state index contributed by atoms with van der Waals surface area (Å²) >= 11 is 0. The predicted octanol–water partition coefficient (Wildman–Crippen LogP) is 2.55. The van der Waals surface area contributed by atoms with Crippen molar-refractivity contribution in [1.82, 2.24) is 23.1 Å². The number of imidazole rings is 2. The number of carbonyl (C=O) groups excluding carboxylic acids is 1. The van der Waals surface area contributed by atoms with Gasteiger partial charge in [0.1, 0.15) is 0 Å². The van der Waals surface area contributed by atoms with Crippen molar-refractivity contribution in [2.24, 2.45) is 7.05 Å². The normalized spacial score (nSPS) is 12.9. The second-order valence-electron chi connectivity index (χ2n) is 7.60. The standard InChI is InChI=1S/C21H23N5O3/c1-12(2)25-16(15-9-7-6-8-10-15)11-24-17-18(22-20(24)25)23(5)21(29)26(19(17)28)13(3)14(4)27/h6-13H,1-5H3/t13-/m0/s1. The molecule has 0 unspecified atom stereocenters. The lowest BCUT2D eigenvalue weighted by Crippen LogP contribution is -2.42. The van der Waals surface area contributed by atoms with E-state index >= 15 is 0 Å². The lowest BCUT2D eigenvalue weighted by Gasteiger charge is -2.13. The van der Waals surface area contributed by atoms with Gasteiger partial charge < -0.3 is 4.57 Å². The summed E-state index contributed by atoms with van der Waals surface area (Å²) in [6.45, 7) is 7.02. The SMILES string of the molecule is CC(=O)[C@H](C)n1c(=O)c2c(nc3n(C(C)C)c(-c4ccccc4)cn23)n(C)c1=O. The van der Waals surface area contributed by atoms with Gasteiger partial charge in [0.2, 0.25) is 5.78 Å². The van der Waals surface area contributed by atoms with Gasteiger partial charge in [-0.25, -0.2) is 9.36 Å². The number of aromatic nitrogens is 5. The van der Waals surface area contributed by atoms with Crippen LogP contribution in [0.5, 0.6) is 0 Å². The first-order valence-corrected chi connectivity index (χ1v) is 9.54. The fourth-order valence-corrected chi connectivity index (χ4v) is 3.73. The summed E-state index contributed by atoms with van der Waals surface area (Å²) in [7, 11) is 1.57. The van der Waals surface area contributed by atoms with E-state index in [-0.39, 0.29) is 17.3 Å². The first-order valence-electron chi connectivity index (χ1n) is 9.54. The first-order chi connectivity index (χ1) is 13.7. The van der Waals surface area contributed by atoms with Crippen LogP contribution in [-0.2, 0) is 11.8 Å². The summed E-state index contributed by atoms with van der Waals surface area (Å²) < 4.78 is 6.10. The van der Waals surface area contributed by atoms with Gasteiger partial charge in [0.25, 0.3) is 5.56 Å². The topological polar surface area (TPSA) is 83.3 Å². The Balaban J connectivity index is 2.17. The van der Waals surface area contributed by atoms with E-state index in [1.807, 2.05) is 54.9 Å². The molecule has 8 nitrogen and oxygen atoms in total. The molecule has 0 N–H and O–H groups in total. The van der Waals surface area contributed by atoms with Crippen LogP contribution in [0.4, 0.5) is 0 Å². The van der Waals surface area contributed by atoms with Crippen LogP contribution in [0.15, 0.2) is 46.1 Å². The zero-order chi connectivity index (χ0) is 21.0. The number of Topliss-reactive ketones (excluding diaryl/α,β-unsaturated/α-hetero) is 1. The van der Waals surface area contributed by atoms with Gasteiger partial charge in [-0.05, 0) is 33.3 Å². The van der Waals surface area contributed by atoms with Crippen molar-refractivity contribution in [3.05, 3.63) is 57.4 Å². The third-order valence-corrected chi connectivity index (χ3v) is 5.39. The van der Waals surface area contributed by atoms with Gasteiger partial charge in [-0.2, -0.15) is 4.98 Å². The molecule has 0 aliphatic carbocycles. The molecule has 4 rings (SSSR count). The minimum Gasteiger partial charge on any atom is -0.307 e. The molecule has 0 bridgehead atoms. The van der Waals surface area contributed by atoms with E-state index in [9.17, 15) is 14.4 Å². The average molecular weight is 393 g/mol. The highest BCUT2D eigenvalue weighted by Gasteiger charge is 2.25. The number of aryl methyl sites for hydroxylation is 1. The van der Waals surface area contributed by atoms with E-state index in [2.05, 4.69) is 4.98 Å². The largest absolute Gasteiger partial charge is 0.333 e. The Hall–Kier alpha value is -3.42. The summed E-state index contributed by atoms with van der Waals surface area (Å²) in [5.74, 6) is 0.322. The second kappa shape index (κ2) is 6.58. The third kappa shape index (κ3) is 2.66. The number of fused-ring (bicyclic) bond motifs is 3. The molecule has 1 aromatic carbocycles. The number of benzene rings is 1. The number of rotatable bonds is 4. The summed E-state index contributed by atoms with van der Waals surface area (Å²) in [5.41, 5.74) is 1.44. The quantitative estimate of drug-likeness (QED) is 0.533. The molecular weight excluding hydrogens is 370 g/mol. The average Bonchev–Trinajstić information content (AvgIpc) is 3.23. The van der Waals surface area contributed by atoms with Crippen LogP contribution in [0.3, 0.4) is 0 Å². The van der Waals surface area contributed by atoms with Crippen molar-refractivity contribution in [2.45, 2.75) is 39.8 Å². The van der Waals surface area contributed by atoms with Gasteiger partial charge in [-0.15, -0.1) is 0 Å². The Morgan fingerprint density at radius 2 is 1.69 bits per heavy atom. The molecule has 0 amide bonds. The minimum absolute atomic E-state index is 0.0786. The van der Waals surface area contributed by atoms with E-state index in [0.717, 1.165) is 15.8 Å². The molecule has 0 radical (unpaired) electrons. The van der Waals surface area contributed by atoms with Crippen LogP contribution in [0, 0.1) is 0 Å². The Labute approximate surface area is 166 Å². The lowest BCUT2D eigenvalue weighted by molar-refractivity contribution is -0.119. The smallest absolute Gasteiger partial charge is 0.307 e. The molecule has 0 saturated carbocycles. The maximum absolute atomic E-state index is 13.3. The van der Waals surface area contributed by atoms with Crippen molar-refractivity contribution in [3.8, 4) is 11.3 Å². The van der Waals surface area contributed by atoms with Crippen LogP contribution in [0.1, 0.15) is 39.8 Å². The van der Waals surface area contributed by atoms with E-state index < -0.39 is 17.3 Å². The second-order valence-corrected chi connectivity index (χ2v) is 7.60. The number of hydrogen-bond donors (Lipinski definition) is 0. The Bertz CT molecular complexity index is 1370. The van der Waals surface area contributed by atoms with E-state index in [1.54, 1.807) is 18.4 Å². The van der Waals surface area contributed by atoms with Crippen molar-refractivity contribution in [2.75, 3.05) is 0 Å². The number of carbonyl (C=O) groups is 1. The molecule has 1 atom stereocenters. The molecule has 0 fully saturated rings. The lowest BCUT2D eigenvalue weighted by atomic mass is 10.1. The van der Waals surface area contributed by atoms with Crippen LogP contribution in [0.2, 0.25) is 0 Å². The molecule has 4 aromatic rings. The van der Waals surface area contributed by atoms with Gasteiger partial charge in [0.15, 0.2) is 16.9 Å². The summed E-state index contributed by atoms with van der Waals surface area (Å²) in [4.78, 5) is 42.6. The van der Waals surface area contributed by atoms with Crippen LogP contribution in [-0.4, -0.2) is 28.9 Å². The van der Waals surface area contributed by atoms with E-state index in [0.29, 0.717) is 11.4 Å². The number of nitrogens with zero attached hydrogens (tertiary/aromatic N) is 5. The summed E-state index contributed by atoms with van der Waals surface area (Å²) in [6, 6.07) is 9.10. The summed E-state index contributed by atoms with van der Waals surface area (Å²) in [5, 5.41) is 0. The monoisotopic (exact) mass is 393 g/mol. The van der Waals surface area contributed by atoms with E-state index in [4.69, 9.17) is 0 Å². The minimum atomic E-state index is -0.850. The molecule has 150 valence electrons. The number of hydrogen-bond acceptors (Lipinski definition) is 4. The summed E-state index contributed by atoms with van der Waals surface area (Å²) in [6.07, 6.45) is 1.87. The molecule has 3 heterocycles. The highest BCUT2D eigenvalue weighted by molar-refractivity contribution is 5.81. The van der Waals surface area contributed by atoms with Gasteiger partial charge in [0, 0.05) is 19.3 Å². The van der Waals surface area contributed by atoms with Gasteiger partial charge in [0.05, 0.1) is 11.7 Å². The maximum atomic E-state index is 13.3. The molecule has 0 spiro atoms. The van der Waals surface area contributed by atoms with Gasteiger partial charge in [-0.1, -0.05) is 30.3 Å². The maximum Gasteiger partial charge on any atom is 0.333 e. The first kappa shape index (κ1) is 18.9. The van der Waals surface area contributed by atoms with Gasteiger partial charge in [-0.3, -0.25) is 18.6 Å². The number of ketones is 1. The molecular formula is C21H23N5O3. The molecule has 0 aliphatic rings. The fourth-order valence-electron chi connectivity index (χ4n) is 3.73. The molecule has 8 heteroatoms. The zero-order valence-electron chi connectivity index (χ0n) is 17.1. The Kier molecular flexibility index (Phi) is 4.29. The molecule has 3 aromatic heterocycles. The van der Waals surface area contributed by atoms with Crippen LogP contribution >= 0.6 is 0 Å². The zero-order valence-corrected chi connectivity index (χ0v) is 17.1. The Morgan fingerprint density at radius 3 is 2.28 bits per heavy atom. The van der Waals surface area contributed by atoms with E-state index in [1.165, 1.54) is 11.5 Å². The Morgan fingerprint density at radius 1 is 1.03 bits per heavy atom. The van der Waals surface area contributed by atoms with Crippen molar-refractivity contribution < 1.29 is 4.79 Å². The van der Waals surface area contributed by atoms with Crippen LogP contribution < -0.4 is 11.2 Å². The molecule has 29 heavy (non-hydrogen) atoms. The highest BCUT2D eigenvalue weighted by Crippen LogP contribution is 2.28. The predicted molar refractivity (Wildman–Crippen MR) is 111 cm³/mol.